The van der Waals surface area contributed by atoms with Crippen LogP contribution in [0.4, 0.5) is 17.3 Å². The standard InChI is InChI=1S/C31H36N8O5S.H2O/c1-37(2)20-24-21-39(35-30(24)22-8-6-5-7-9-22)28-12-13-32-31(34-28)33-25-18-23(10-11-29(40)36-45(4,41)42)26(19-27(25)43-3)38-14-16-44-17-15-38;/h5-13,18-19,21H,14-17,20H2,1-4H3,(H,36,40)(H,32,33,34);1H2. The molecule has 1 saturated heterocycles. The van der Waals surface area contributed by atoms with E-state index in [1.165, 1.54) is 6.08 Å². The molecule has 1 aliphatic heterocycles. The Bertz CT molecular complexity index is 1790. The molecule has 4 aromatic rings. The average molecular weight is 651 g/mol. The minimum absolute atomic E-state index is 0. The Morgan fingerprint density at radius 1 is 1.13 bits per heavy atom. The number of hydrogen-bond acceptors (Lipinski definition) is 11. The summed E-state index contributed by atoms with van der Waals surface area (Å²) in [6, 6.07) is 15.4. The third kappa shape index (κ3) is 8.66. The first-order valence-corrected chi connectivity index (χ1v) is 16.1. The number of hydrogen-bond donors (Lipinski definition) is 2. The highest BCUT2D eigenvalue weighted by molar-refractivity contribution is 7.89. The van der Waals surface area contributed by atoms with Crippen molar-refractivity contribution in [3.63, 3.8) is 0 Å². The van der Waals surface area contributed by atoms with Gasteiger partial charge in [0.15, 0.2) is 5.82 Å². The first-order valence-electron chi connectivity index (χ1n) is 14.2. The number of benzene rings is 2. The second-order valence-electron chi connectivity index (χ2n) is 10.7. The number of nitrogens with zero attached hydrogens (tertiary/aromatic N) is 6. The summed E-state index contributed by atoms with van der Waals surface area (Å²) < 4.78 is 38.0. The van der Waals surface area contributed by atoms with E-state index in [0.717, 1.165) is 28.8 Å². The molecule has 15 heteroatoms. The SMILES string of the molecule is COc1cc(N2CCOCC2)c(C=CC(=O)NS(C)(=O)=O)cc1Nc1nccc(-n2cc(CN(C)C)c(-c3ccccc3)n2)n1.O. The van der Waals surface area contributed by atoms with E-state index in [1.54, 1.807) is 36.2 Å². The van der Waals surface area contributed by atoms with E-state index in [-0.39, 0.29) is 5.48 Å². The minimum atomic E-state index is -3.70. The highest BCUT2D eigenvalue weighted by atomic mass is 32.2. The second kappa shape index (κ2) is 15.0. The molecule has 46 heavy (non-hydrogen) atoms. The van der Waals surface area contributed by atoms with Crippen molar-refractivity contribution in [1.82, 2.24) is 29.4 Å². The summed E-state index contributed by atoms with van der Waals surface area (Å²) in [7, 11) is 1.89. The molecule has 4 N–H and O–H groups in total. The van der Waals surface area contributed by atoms with E-state index in [2.05, 4.69) is 20.1 Å². The van der Waals surface area contributed by atoms with Crippen LogP contribution < -0.4 is 19.7 Å². The molecule has 1 amide bonds. The van der Waals surface area contributed by atoms with Crippen molar-refractivity contribution < 1.29 is 28.2 Å². The maximum absolute atomic E-state index is 12.3. The second-order valence-corrected chi connectivity index (χ2v) is 12.4. The van der Waals surface area contributed by atoms with Gasteiger partial charge in [-0.05, 0) is 26.2 Å². The number of amides is 1. The lowest BCUT2D eigenvalue weighted by molar-refractivity contribution is -0.114. The first kappa shape index (κ1) is 34.1. The number of morpholine rings is 1. The number of sulfonamides is 1. The van der Waals surface area contributed by atoms with Gasteiger partial charge in [0.25, 0.3) is 5.91 Å². The third-order valence-electron chi connectivity index (χ3n) is 6.85. The third-order valence-corrected chi connectivity index (χ3v) is 7.42. The lowest BCUT2D eigenvalue weighted by Gasteiger charge is -2.31. The predicted molar refractivity (Wildman–Crippen MR) is 177 cm³/mol. The molecule has 0 atom stereocenters. The summed E-state index contributed by atoms with van der Waals surface area (Å²) in [5, 5.41) is 8.12. The molecule has 0 radical (unpaired) electrons. The maximum atomic E-state index is 12.3. The Hall–Kier alpha value is -4.83. The van der Waals surface area contributed by atoms with Crippen LogP contribution in [0.25, 0.3) is 23.2 Å². The highest BCUT2D eigenvalue weighted by Gasteiger charge is 2.19. The van der Waals surface area contributed by atoms with E-state index in [0.29, 0.717) is 61.6 Å². The number of carbonyl (C=O) groups excluding carboxylic acids is 1. The molecule has 0 unspecified atom stereocenters. The quantitative estimate of drug-likeness (QED) is 0.228. The van der Waals surface area contributed by atoms with Crippen molar-refractivity contribution in [3.05, 3.63) is 78.1 Å². The van der Waals surface area contributed by atoms with E-state index >= 15 is 0 Å². The summed E-state index contributed by atoms with van der Waals surface area (Å²) in [6.45, 7) is 3.09. The van der Waals surface area contributed by atoms with E-state index < -0.39 is 15.9 Å². The van der Waals surface area contributed by atoms with Crippen molar-refractivity contribution in [3.8, 4) is 22.8 Å². The van der Waals surface area contributed by atoms with E-state index in [4.69, 9.17) is 19.6 Å². The highest BCUT2D eigenvalue weighted by Crippen LogP contribution is 2.36. The summed E-state index contributed by atoms with van der Waals surface area (Å²) in [5.41, 5.74) is 4.94. The fourth-order valence-electron chi connectivity index (χ4n) is 4.93. The van der Waals surface area contributed by atoms with Gasteiger partial charge in [0.2, 0.25) is 16.0 Å². The van der Waals surface area contributed by atoms with Crippen LogP contribution in [0.1, 0.15) is 11.1 Å². The van der Waals surface area contributed by atoms with Gasteiger partial charge in [-0.15, -0.1) is 0 Å². The summed E-state index contributed by atoms with van der Waals surface area (Å²) in [5.74, 6) is 0.647. The van der Waals surface area contributed by atoms with Crippen molar-refractivity contribution in [1.29, 1.82) is 0 Å². The Morgan fingerprint density at radius 2 is 1.87 bits per heavy atom. The summed E-state index contributed by atoms with van der Waals surface area (Å²) in [6.07, 6.45) is 7.28. The maximum Gasteiger partial charge on any atom is 0.257 e. The van der Waals surface area contributed by atoms with Gasteiger partial charge in [0.05, 0.1) is 38.0 Å². The number of nitrogens with one attached hydrogen (secondary N) is 2. The zero-order valence-corrected chi connectivity index (χ0v) is 26.9. The topological polar surface area (TPSA) is 175 Å². The van der Waals surface area contributed by atoms with Gasteiger partial charge in [-0.3, -0.25) is 4.79 Å². The molecule has 14 nitrogen and oxygen atoms in total. The molecule has 5 rings (SSSR count). The van der Waals surface area contributed by atoms with Crippen LogP contribution in [0.15, 0.2) is 67.0 Å². The fourth-order valence-corrected chi connectivity index (χ4v) is 5.36. The average Bonchev–Trinajstić information content (AvgIpc) is 3.43. The predicted octanol–water partition coefficient (Wildman–Crippen LogP) is 2.24. The molecular formula is C31H38N8O6S. The monoisotopic (exact) mass is 650 g/mol. The number of rotatable bonds is 11. The normalized spacial score (nSPS) is 13.5. The molecule has 0 saturated carbocycles. The van der Waals surface area contributed by atoms with Gasteiger partial charge in [-0.1, -0.05) is 30.3 Å². The zero-order chi connectivity index (χ0) is 32.0. The number of aromatic nitrogens is 4. The molecule has 244 valence electrons. The largest absolute Gasteiger partial charge is 0.494 e. The number of anilines is 3. The van der Waals surface area contributed by atoms with Crippen LogP contribution >= 0.6 is 0 Å². The molecule has 2 aromatic carbocycles. The molecular weight excluding hydrogens is 612 g/mol. The summed E-state index contributed by atoms with van der Waals surface area (Å²) >= 11 is 0. The fraction of sp³-hybridized carbons (Fsp3) is 0.290. The van der Waals surface area contributed by atoms with Gasteiger partial charge in [0, 0.05) is 72.6 Å². The van der Waals surface area contributed by atoms with Gasteiger partial charge >= 0.3 is 0 Å². The van der Waals surface area contributed by atoms with Crippen LogP contribution in [0.2, 0.25) is 0 Å². The van der Waals surface area contributed by atoms with E-state index in [1.807, 2.05) is 61.4 Å². The number of methoxy groups -OCH3 is 1. The van der Waals surface area contributed by atoms with Crippen molar-refractivity contribution in [2.24, 2.45) is 0 Å². The Balaban J connectivity index is 0.00000480. The van der Waals surface area contributed by atoms with Crippen LogP contribution in [0, 0.1) is 0 Å². The Kier molecular flexibility index (Phi) is 11.1. The molecule has 0 bridgehead atoms. The van der Waals surface area contributed by atoms with Crippen molar-refractivity contribution >= 4 is 39.3 Å². The van der Waals surface area contributed by atoms with Gasteiger partial charge in [0.1, 0.15) is 5.75 Å². The van der Waals surface area contributed by atoms with Crippen LogP contribution in [-0.2, 0) is 26.1 Å². The smallest absolute Gasteiger partial charge is 0.257 e. The molecule has 1 fully saturated rings. The van der Waals surface area contributed by atoms with Crippen molar-refractivity contribution in [2.75, 3.05) is 64.0 Å². The molecule has 0 aliphatic carbocycles. The van der Waals surface area contributed by atoms with Crippen molar-refractivity contribution in [2.45, 2.75) is 6.54 Å². The first-order chi connectivity index (χ1) is 21.6. The lowest BCUT2D eigenvalue weighted by Crippen LogP contribution is -2.36. The van der Waals surface area contributed by atoms with Gasteiger partial charge < -0.3 is 30.1 Å². The zero-order valence-electron chi connectivity index (χ0n) is 26.1. The minimum Gasteiger partial charge on any atom is -0.494 e. The summed E-state index contributed by atoms with van der Waals surface area (Å²) in [4.78, 5) is 25.6. The lowest BCUT2D eigenvalue weighted by atomic mass is 10.1. The van der Waals surface area contributed by atoms with Gasteiger partial charge in [-0.2, -0.15) is 10.1 Å². The van der Waals surface area contributed by atoms with Gasteiger partial charge in [-0.25, -0.2) is 22.8 Å². The number of ether oxygens (including phenoxy) is 2. The Morgan fingerprint density at radius 3 is 2.54 bits per heavy atom. The molecule has 2 aromatic heterocycles. The van der Waals surface area contributed by atoms with Crippen LogP contribution in [0.5, 0.6) is 5.75 Å². The molecule has 1 aliphatic rings. The van der Waals surface area contributed by atoms with Crippen LogP contribution in [-0.4, -0.2) is 98.2 Å². The Labute approximate surface area is 268 Å². The van der Waals surface area contributed by atoms with E-state index in [9.17, 15) is 13.2 Å². The number of carbonyl (C=O) groups is 1. The molecule has 3 heterocycles. The molecule has 0 spiro atoms. The van der Waals surface area contributed by atoms with Crippen LogP contribution in [0.3, 0.4) is 0 Å².